The van der Waals surface area contributed by atoms with Crippen molar-refractivity contribution in [1.82, 2.24) is 5.32 Å². The summed E-state index contributed by atoms with van der Waals surface area (Å²) in [5, 5.41) is 15.9. The van der Waals surface area contributed by atoms with E-state index in [9.17, 15) is 10.0 Å². The molecule has 0 aliphatic rings. The van der Waals surface area contributed by atoms with Crippen LogP contribution in [0.2, 0.25) is 10.0 Å². The lowest BCUT2D eigenvalue weighted by atomic mass is 10.1. The smallest absolute Gasteiger partial charge is 0.251 e. The minimum Gasteiger partial charge on any atom is -0.618 e. The standard InChI is InChI=1S/C15H14Cl2N2O2S/c1-10(12-6-5-11(16)8-13(12)17)18-14(20)9-22-15-4-2-3-7-19(15)21/h2-8,10H,9H2,1H3,(H,18,20)/t10-/m0/s1. The van der Waals surface area contributed by atoms with Crippen molar-refractivity contribution in [3.8, 4) is 0 Å². The van der Waals surface area contributed by atoms with Crippen LogP contribution in [0.25, 0.3) is 0 Å². The maximum atomic E-state index is 12.0. The van der Waals surface area contributed by atoms with Crippen molar-refractivity contribution in [3.63, 3.8) is 0 Å². The molecule has 1 N–H and O–H groups in total. The van der Waals surface area contributed by atoms with E-state index in [0.717, 1.165) is 10.3 Å². The van der Waals surface area contributed by atoms with E-state index < -0.39 is 0 Å². The average molecular weight is 357 g/mol. The fourth-order valence-corrected chi connectivity index (χ4v) is 3.17. The maximum absolute atomic E-state index is 12.0. The molecule has 0 unspecified atom stereocenters. The Bertz CT molecular complexity index is 682. The van der Waals surface area contributed by atoms with Gasteiger partial charge in [-0.1, -0.05) is 29.3 Å². The first-order chi connectivity index (χ1) is 10.5. The van der Waals surface area contributed by atoms with Gasteiger partial charge in [0, 0.05) is 22.2 Å². The van der Waals surface area contributed by atoms with Gasteiger partial charge >= 0.3 is 0 Å². The largest absolute Gasteiger partial charge is 0.618 e. The third-order valence-corrected chi connectivity index (χ3v) is 4.53. The molecule has 0 aliphatic carbocycles. The Morgan fingerprint density at radius 2 is 2.14 bits per heavy atom. The van der Waals surface area contributed by atoms with Gasteiger partial charge in [-0.3, -0.25) is 4.79 Å². The number of carbonyl (C=O) groups excluding carboxylic acids is 1. The molecule has 4 nitrogen and oxygen atoms in total. The summed E-state index contributed by atoms with van der Waals surface area (Å²) in [5.41, 5.74) is 0.794. The van der Waals surface area contributed by atoms with Crippen LogP contribution in [0.1, 0.15) is 18.5 Å². The SMILES string of the molecule is C[C@H](NC(=O)CSc1cccc[n+]1[O-])c1ccc(Cl)cc1Cl. The highest BCUT2D eigenvalue weighted by atomic mass is 35.5. The molecule has 0 aliphatic heterocycles. The Kier molecular flexibility index (Phi) is 5.94. The number of aromatic nitrogens is 1. The van der Waals surface area contributed by atoms with Crippen molar-refractivity contribution < 1.29 is 9.52 Å². The molecular formula is C15H14Cl2N2O2S. The maximum Gasteiger partial charge on any atom is 0.251 e. The lowest BCUT2D eigenvalue weighted by Crippen LogP contribution is -2.31. The molecule has 0 fully saturated rings. The number of carbonyl (C=O) groups is 1. The second kappa shape index (κ2) is 7.72. The summed E-state index contributed by atoms with van der Waals surface area (Å²) in [6, 6.07) is 9.97. The lowest BCUT2D eigenvalue weighted by Gasteiger charge is -2.15. The fourth-order valence-electron chi connectivity index (χ4n) is 1.88. The van der Waals surface area contributed by atoms with Gasteiger partial charge in [0.2, 0.25) is 5.91 Å². The van der Waals surface area contributed by atoms with Gasteiger partial charge in [0.1, 0.15) is 0 Å². The van der Waals surface area contributed by atoms with E-state index in [1.807, 2.05) is 6.92 Å². The topological polar surface area (TPSA) is 56.0 Å². The van der Waals surface area contributed by atoms with E-state index in [2.05, 4.69) is 5.32 Å². The van der Waals surface area contributed by atoms with Gasteiger partial charge in [-0.05, 0) is 42.4 Å². The number of hydrogen-bond acceptors (Lipinski definition) is 3. The predicted molar refractivity (Wildman–Crippen MR) is 89.1 cm³/mol. The molecule has 0 spiro atoms. The predicted octanol–water partition coefficient (Wildman–Crippen LogP) is 3.60. The summed E-state index contributed by atoms with van der Waals surface area (Å²) in [5.74, 6) is -0.0192. The zero-order valence-corrected chi connectivity index (χ0v) is 14.1. The molecule has 1 amide bonds. The summed E-state index contributed by atoms with van der Waals surface area (Å²) in [6.07, 6.45) is 1.40. The Balaban J connectivity index is 1.93. The quantitative estimate of drug-likeness (QED) is 0.505. The van der Waals surface area contributed by atoms with Crippen LogP contribution in [0.4, 0.5) is 0 Å². The van der Waals surface area contributed by atoms with Crippen LogP contribution in [0.15, 0.2) is 47.6 Å². The number of halogens is 2. The Hall–Kier alpha value is -1.43. The molecule has 0 saturated heterocycles. The van der Waals surface area contributed by atoms with E-state index in [1.54, 1.807) is 36.4 Å². The van der Waals surface area contributed by atoms with Crippen molar-refractivity contribution in [2.24, 2.45) is 0 Å². The van der Waals surface area contributed by atoms with E-state index in [4.69, 9.17) is 23.2 Å². The van der Waals surface area contributed by atoms with Gasteiger partial charge in [0.25, 0.3) is 5.03 Å². The first kappa shape index (κ1) is 16.9. The summed E-state index contributed by atoms with van der Waals surface area (Å²) in [4.78, 5) is 12.0. The molecule has 1 aromatic carbocycles. The number of pyridine rings is 1. The van der Waals surface area contributed by atoms with E-state index in [-0.39, 0.29) is 17.7 Å². The van der Waals surface area contributed by atoms with Crippen LogP contribution in [0.5, 0.6) is 0 Å². The number of nitrogens with one attached hydrogen (secondary N) is 1. The van der Waals surface area contributed by atoms with Gasteiger partial charge in [-0.15, -0.1) is 0 Å². The summed E-state index contributed by atoms with van der Waals surface area (Å²) < 4.78 is 0.734. The zero-order chi connectivity index (χ0) is 16.1. The molecule has 0 bridgehead atoms. The van der Waals surface area contributed by atoms with E-state index in [0.29, 0.717) is 15.1 Å². The molecule has 1 aromatic heterocycles. The highest BCUT2D eigenvalue weighted by molar-refractivity contribution is 7.99. The Morgan fingerprint density at radius 1 is 1.36 bits per heavy atom. The van der Waals surface area contributed by atoms with Gasteiger partial charge in [-0.25, -0.2) is 0 Å². The average Bonchev–Trinajstić information content (AvgIpc) is 2.46. The summed E-state index contributed by atoms with van der Waals surface area (Å²) in [7, 11) is 0. The van der Waals surface area contributed by atoms with Crippen LogP contribution in [0, 0.1) is 5.21 Å². The second-order valence-corrected chi connectivity index (χ2v) is 6.45. The Morgan fingerprint density at radius 3 is 2.82 bits per heavy atom. The number of amides is 1. The van der Waals surface area contributed by atoms with Crippen molar-refractivity contribution in [2.45, 2.75) is 18.0 Å². The van der Waals surface area contributed by atoms with Crippen molar-refractivity contribution >= 4 is 40.9 Å². The molecule has 1 heterocycles. The first-order valence-corrected chi connectivity index (χ1v) is 8.27. The van der Waals surface area contributed by atoms with Gasteiger partial charge in [0.15, 0.2) is 6.20 Å². The molecular weight excluding hydrogens is 343 g/mol. The molecule has 116 valence electrons. The first-order valence-electron chi connectivity index (χ1n) is 6.52. The van der Waals surface area contributed by atoms with Crippen LogP contribution >= 0.6 is 35.0 Å². The highest BCUT2D eigenvalue weighted by Crippen LogP contribution is 2.26. The number of benzene rings is 1. The molecule has 2 rings (SSSR count). The summed E-state index contributed by atoms with van der Waals surface area (Å²) >= 11 is 13.2. The molecule has 7 heteroatoms. The minimum absolute atomic E-state index is 0.155. The monoisotopic (exact) mass is 356 g/mol. The van der Waals surface area contributed by atoms with Crippen LogP contribution < -0.4 is 10.0 Å². The van der Waals surface area contributed by atoms with Crippen molar-refractivity contribution in [1.29, 1.82) is 0 Å². The molecule has 1 atom stereocenters. The number of rotatable bonds is 5. The van der Waals surface area contributed by atoms with Gasteiger partial charge in [0.05, 0.1) is 11.8 Å². The Labute approximate surface area is 143 Å². The molecule has 0 radical (unpaired) electrons. The molecule has 22 heavy (non-hydrogen) atoms. The van der Waals surface area contributed by atoms with Crippen LogP contribution in [-0.4, -0.2) is 11.7 Å². The zero-order valence-electron chi connectivity index (χ0n) is 11.8. The fraction of sp³-hybridized carbons (Fsp3) is 0.200. The summed E-state index contributed by atoms with van der Waals surface area (Å²) in [6.45, 7) is 1.84. The third kappa shape index (κ3) is 4.53. The normalized spacial score (nSPS) is 12.0. The second-order valence-electron chi connectivity index (χ2n) is 4.61. The van der Waals surface area contributed by atoms with Crippen LogP contribution in [0.3, 0.4) is 0 Å². The number of thioether (sulfide) groups is 1. The van der Waals surface area contributed by atoms with E-state index >= 15 is 0 Å². The van der Waals surface area contributed by atoms with Gasteiger partial charge < -0.3 is 10.5 Å². The van der Waals surface area contributed by atoms with E-state index in [1.165, 1.54) is 18.0 Å². The lowest BCUT2D eigenvalue weighted by molar-refractivity contribution is -0.645. The molecule has 2 aromatic rings. The molecule has 0 saturated carbocycles. The highest BCUT2D eigenvalue weighted by Gasteiger charge is 2.14. The number of hydrogen-bond donors (Lipinski definition) is 1. The van der Waals surface area contributed by atoms with Crippen LogP contribution in [-0.2, 0) is 4.79 Å². The van der Waals surface area contributed by atoms with Crippen molar-refractivity contribution in [2.75, 3.05) is 5.75 Å². The minimum atomic E-state index is -0.243. The van der Waals surface area contributed by atoms with Gasteiger partial charge in [-0.2, -0.15) is 4.73 Å². The number of nitrogens with zero attached hydrogens (tertiary/aromatic N) is 1. The third-order valence-electron chi connectivity index (χ3n) is 2.95. The van der Waals surface area contributed by atoms with Crippen molar-refractivity contribution in [3.05, 3.63) is 63.4 Å².